The van der Waals surface area contributed by atoms with E-state index in [4.69, 9.17) is 5.73 Å². The molecule has 0 aliphatic carbocycles. The molecule has 3 heteroatoms. The zero-order valence-corrected chi connectivity index (χ0v) is 12.6. The highest BCUT2D eigenvalue weighted by atomic mass is 15.3. The first kappa shape index (κ1) is 13.4. The van der Waals surface area contributed by atoms with E-state index >= 15 is 0 Å². The lowest BCUT2D eigenvalue weighted by Gasteiger charge is -2.08. The van der Waals surface area contributed by atoms with Crippen LogP contribution in [0.1, 0.15) is 17.0 Å². The van der Waals surface area contributed by atoms with Crippen LogP contribution < -0.4 is 5.73 Å². The first-order valence-electron chi connectivity index (χ1n) is 7.06. The van der Waals surface area contributed by atoms with Gasteiger partial charge in [-0.2, -0.15) is 5.10 Å². The average molecular weight is 277 g/mol. The number of hydrogen-bond donors (Lipinski definition) is 1. The first-order valence-corrected chi connectivity index (χ1v) is 7.06. The van der Waals surface area contributed by atoms with Gasteiger partial charge in [0.1, 0.15) is 0 Å². The molecule has 0 aliphatic heterocycles. The highest BCUT2D eigenvalue weighted by molar-refractivity contribution is 5.80. The number of nitrogens with two attached hydrogens (primary N) is 1. The summed E-state index contributed by atoms with van der Waals surface area (Å²) in [5.41, 5.74) is 13.5. The van der Waals surface area contributed by atoms with Crippen molar-refractivity contribution in [2.24, 2.45) is 0 Å². The molecular weight excluding hydrogens is 258 g/mol. The Bertz CT molecular complexity index is 786. The molecule has 0 aliphatic rings. The summed E-state index contributed by atoms with van der Waals surface area (Å²) < 4.78 is 1.98. The molecule has 0 fully saturated rings. The van der Waals surface area contributed by atoms with Crippen LogP contribution in [-0.2, 0) is 0 Å². The third-order valence-electron chi connectivity index (χ3n) is 3.77. The predicted molar refractivity (Wildman–Crippen MR) is 87.6 cm³/mol. The van der Waals surface area contributed by atoms with Crippen LogP contribution in [0.3, 0.4) is 0 Å². The number of aryl methyl sites for hydroxylation is 2. The number of aromatic nitrogens is 2. The highest BCUT2D eigenvalue weighted by Gasteiger charge is 2.16. The Hall–Kier alpha value is -2.55. The maximum Gasteiger partial charge on any atom is 0.0680 e. The Labute approximate surface area is 125 Å². The number of nitrogen functional groups attached to an aromatic ring is 1. The second kappa shape index (κ2) is 5.09. The van der Waals surface area contributed by atoms with Crippen molar-refractivity contribution in [2.45, 2.75) is 20.8 Å². The van der Waals surface area contributed by atoms with Gasteiger partial charge in [-0.05, 0) is 44.5 Å². The van der Waals surface area contributed by atoms with Gasteiger partial charge in [0.25, 0.3) is 0 Å². The molecule has 1 heterocycles. The van der Waals surface area contributed by atoms with Gasteiger partial charge >= 0.3 is 0 Å². The number of benzene rings is 2. The molecule has 0 unspecified atom stereocenters. The summed E-state index contributed by atoms with van der Waals surface area (Å²) in [5.74, 6) is 0. The average Bonchev–Trinajstić information content (AvgIpc) is 2.76. The molecule has 3 aromatic rings. The van der Waals surface area contributed by atoms with E-state index in [-0.39, 0.29) is 0 Å². The van der Waals surface area contributed by atoms with E-state index in [0.717, 1.165) is 33.9 Å². The molecule has 2 N–H and O–H groups in total. The second-order valence-corrected chi connectivity index (χ2v) is 5.38. The molecule has 0 saturated carbocycles. The van der Waals surface area contributed by atoms with Crippen molar-refractivity contribution < 1.29 is 0 Å². The first-order chi connectivity index (χ1) is 10.1. The van der Waals surface area contributed by atoms with E-state index in [9.17, 15) is 0 Å². The number of rotatable bonds is 2. The van der Waals surface area contributed by atoms with Gasteiger partial charge in [0.05, 0.1) is 11.4 Å². The normalized spacial score (nSPS) is 10.8. The molecule has 21 heavy (non-hydrogen) atoms. The Morgan fingerprint density at radius 3 is 2.33 bits per heavy atom. The molecule has 0 bridgehead atoms. The Morgan fingerprint density at radius 1 is 0.952 bits per heavy atom. The highest BCUT2D eigenvalue weighted by Crippen LogP contribution is 2.33. The third-order valence-corrected chi connectivity index (χ3v) is 3.77. The van der Waals surface area contributed by atoms with E-state index in [1.54, 1.807) is 0 Å². The molecule has 0 spiro atoms. The topological polar surface area (TPSA) is 43.8 Å². The fraction of sp³-hybridized carbons (Fsp3) is 0.167. The molecule has 0 saturated heterocycles. The van der Waals surface area contributed by atoms with E-state index < -0.39 is 0 Å². The van der Waals surface area contributed by atoms with E-state index in [1.165, 1.54) is 5.56 Å². The van der Waals surface area contributed by atoms with Gasteiger partial charge in [-0.15, -0.1) is 0 Å². The second-order valence-electron chi connectivity index (χ2n) is 5.38. The summed E-state index contributed by atoms with van der Waals surface area (Å²) in [6.45, 7) is 6.16. The number of para-hydroxylation sites is 1. The lowest BCUT2D eigenvalue weighted by atomic mass is 10.0. The standard InChI is InChI=1S/C18H19N3/c1-12-9-10-16(17(19)11-12)18-13(2)20-21(14(18)3)15-7-5-4-6-8-15/h4-11H,19H2,1-3H3. The van der Waals surface area contributed by atoms with Crippen molar-refractivity contribution in [3.8, 4) is 16.8 Å². The Morgan fingerprint density at radius 2 is 1.67 bits per heavy atom. The van der Waals surface area contributed by atoms with Gasteiger partial charge in [0.15, 0.2) is 0 Å². The van der Waals surface area contributed by atoms with Crippen LogP contribution in [0, 0.1) is 20.8 Å². The van der Waals surface area contributed by atoms with E-state index in [2.05, 4.69) is 36.3 Å². The van der Waals surface area contributed by atoms with Crippen LogP contribution in [0.2, 0.25) is 0 Å². The lowest BCUT2D eigenvalue weighted by Crippen LogP contribution is -1.99. The van der Waals surface area contributed by atoms with Crippen molar-refractivity contribution in [1.29, 1.82) is 0 Å². The van der Waals surface area contributed by atoms with E-state index in [1.807, 2.05) is 42.8 Å². The smallest absolute Gasteiger partial charge is 0.0680 e. The molecule has 0 atom stereocenters. The van der Waals surface area contributed by atoms with E-state index in [0.29, 0.717) is 0 Å². The maximum atomic E-state index is 6.20. The maximum absolute atomic E-state index is 6.20. The molecule has 1 aromatic heterocycles. The Kier molecular flexibility index (Phi) is 3.26. The van der Waals surface area contributed by atoms with Crippen molar-refractivity contribution in [3.05, 3.63) is 65.5 Å². The van der Waals surface area contributed by atoms with Crippen LogP contribution in [0.25, 0.3) is 16.8 Å². The fourth-order valence-electron chi connectivity index (χ4n) is 2.76. The van der Waals surface area contributed by atoms with Crippen molar-refractivity contribution in [3.63, 3.8) is 0 Å². The fourth-order valence-corrected chi connectivity index (χ4v) is 2.76. The third kappa shape index (κ3) is 2.31. The summed E-state index contributed by atoms with van der Waals surface area (Å²) in [6.07, 6.45) is 0. The van der Waals surface area contributed by atoms with Gasteiger partial charge < -0.3 is 5.73 Å². The van der Waals surface area contributed by atoms with Gasteiger partial charge in [-0.1, -0.05) is 30.3 Å². The quantitative estimate of drug-likeness (QED) is 0.718. The molecule has 3 rings (SSSR count). The molecule has 106 valence electrons. The van der Waals surface area contributed by atoms with Crippen molar-refractivity contribution in [1.82, 2.24) is 9.78 Å². The van der Waals surface area contributed by atoms with Gasteiger partial charge in [0.2, 0.25) is 0 Å². The molecule has 0 radical (unpaired) electrons. The van der Waals surface area contributed by atoms with Crippen LogP contribution in [0.4, 0.5) is 5.69 Å². The van der Waals surface area contributed by atoms with Crippen LogP contribution in [0.5, 0.6) is 0 Å². The summed E-state index contributed by atoms with van der Waals surface area (Å²) in [5, 5.41) is 4.68. The van der Waals surface area contributed by atoms with Crippen LogP contribution in [-0.4, -0.2) is 9.78 Å². The number of anilines is 1. The van der Waals surface area contributed by atoms with Gasteiger partial charge in [-0.25, -0.2) is 4.68 Å². The summed E-state index contributed by atoms with van der Waals surface area (Å²) >= 11 is 0. The molecular formula is C18H19N3. The van der Waals surface area contributed by atoms with Gasteiger partial charge in [0, 0.05) is 22.5 Å². The Balaban J connectivity index is 2.19. The monoisotopic (exact) mass is 277 g/mol. The SMILES string of the molecule is Cc1ccc(-c2c(C)nn(-c3ccccc3)c2C)c(N)c1. The van der Waals surface area contributed by atoms with Crippen molar-refractivity contribution in [2.75, 3.05) is 5.73 Å². The predicted octanol–water partition coefficient (Wildman–Crippen LogP) is 4.05. The minimum absolute atomic E-state index is 0.800. The zero-order valence-electron chi connectivity index (χ0n) is 12.6. The minimum atomic E-state index is 0.800. The lowest BCUT2D eigenvalue weighted by molar-refractivity contribution is 0.834. The van der Waals surface area contributed by atoms with Crippen molar-refractivity contribution >= 4 is 5.69 Å². The molecule has 2 aromatic carbocycles. The van der Waals surface area contributed by atoms with Crippen LogP contribution >= 0.6 is 0 Å². The molecule has 0 amide bonds. The molecule has 3 nitrogen and oxygen atoms in total. The zero-order chi connectivity index (χ0) is 15.0. The summed E-state index contributed by atoms with van der Waals surface area (Å²) in [7, 11) is 0. The minimum Gasteiger partial charge on any atom is -0.398 e. The largest absolute Gasteiger partial charge is 0.398 e. The van der Waals surface area contributed by atoms with Gasteiger partial charge in [-0.3, -0.25) is 0 Å². The summed E-state index contributed by atoms with van der Waals surface area (Å²) in [4.78, 5) is 0. The number of hydrogen-bond acceptors (Lipinski definition) is 2. The number of nitrogens with zero attached hydrogens (tertiary/aromatic N) is 2. The van der Waals surface area contributed by atoms with Crippen LogP contribution in [0.15, 0.2) is 48.5 Å². The summed E-state index contributed by atoms with van der Waals surface area (Å²) in [6, 6.07) is 16.3.